The minimum absolute atomic E-state index is 0.0187. The van der Waals surface area contributed by atoms with Crippen molar-refractivity contribution in [3.05, 3.63) is 34.4 Å². The van der Waals surface area contributed by atoms with E-state index in [2.05, 4.69) is 4.90 Å². The van der Waals surface area contributed by atoms with E-state index in [-0.39, 0.29) is 35.7 Å². The molecule has 2 aliphatic heterocycles. The summed E-state index contributed by atoms with van der Waals surface area (Å²) in [5.74, 6) is 0.901. The Balaban J connectivity index is 1.58. The molecule has 27 heavy (non-hydrogen) atoms. The van der Waals surface area contributed by atoms with Gasteiger partial charge in [-0.2, -0.15) is 13.2 Å². The molecule has 3 unspecified atom stereocenters. The molecule has 1 saturated carbocycles. The van der Waals surface area contributed by atoms with Gasteiger partial charge in [-0.3, -0.25) is 9.69 Å². The molecule has 0 aromatic heterocycles. The largest absolute Gasteiger partial charge is 0.416 e. The predicted molar refractivity (Wildman–Crippen MR) is 93.9 cm³/mol. The monoisotopic (exact) mass is 382 g/mol. The molecule has 1 aromatic carbocycles. The number of rotatable bonds is 4. The first-order valence-electron chi connectivity index (χ1n) is 9.52. The van der Waals surface area contributed by atoms with Crippen LogP contribution >= 0.6 is 0 Å². The van der Waals surface area contributed by atoms with Gasteiger partial charge < -0.3 is 10.0 Å². The third-order valence-electron chi connectivity index (χ3n) is 6.36. The maximum Gasteiger partial charge on any atom is 0.416 e. The summed E-state index contributed by atoms with van der Waals surface area (Å²) in [7, 11) is 0. The number of alkyl halides is 3. The summed E-state index contributed by atoms with van der Waals surface area (Å²) in [6.45, 7) is 7.45. The van der Waals surface area contributed by atoms with Crippen LogP contribution in [0.1, 0.15) is 47.8 Å². The zero-order chi connectivity index (χ0) is 19.7. The van der Waals surface area contributed by atoms with Crippen LogP contribution in [0.25, 0.3) is 0 Å². The molecule has 4 rings (SSSR count). The molecule has 4 nitrogen and oxygen atoms in total. The number of carbonyl (C=O) groups is 1. The van der Waals surface area contributed by atoms with E-state index in [1.54, 1.807) is 13.0 Å². The van der Waals surface area contributed by atoms with Gasteiger partial charge in [0.15, 0.2) is 0 Å². The van der Waals surface area contributed by atoms with Crippen molar-refractivity contribution in [3.63, 3.8) is 0 Å². The number of hydrogen-bond acceptors (Lipinski definition) is 3. The summed E-state index contributed by atoms with van der Waals surface area (Å²) in [6.07, 6.45) is -4.80. The van der Waals surface area contributed by atoms with Crippen LogP contribution in [0.4, 0.5) is 13.2 Å². The van der Waals surface area contributed by atoms with Gasteiger partial charge in [-0.25, -0.2) is 0 Å². The van der Waals surface area contributed by atoms with Gasteiger partial charge in [0.2, 0.25) is 0 Å². The topological polar surface area (TPSA) is 43.8 Å². The van der Waals surface area contributed by atoms with Crippen molar-refractivity contribution in [2.75, 3.05) is 13.1 Å². The van der Waals surface area contributed by atoms with Gasteiger partial charge in [-0.1, -0.05) is 0 Å². The van der Waals surface area contributed by atoms with Crippen LogP contribution < -0.4 is 0 Å². The first-order valence-corrected chi connectivity index (χ1v) is 9.52. The van der Waals surface area contributed by atoms with Gasteiger partial charge in [0.05, 0.1) is 11.7 Å². The Morgan fingerprint density at radius 2 is 1.81 bits per heavy atom. The van der Waals surface area contributed by atoms with Crippen molar-refractivity contribution in [2.45, 2.75) is 52.2 Å². The van der Waals surface area contributed by atoms with Crippen molar-refractivity contribution in [1.29, 1.82) is 0 Å². The summed E-state index contributed by atoms with van der Waals surface area (Å²) >= 11 is 0. The average molecular weight is 382 g/mol. The lowest BCUT2D eigenvalue weighted by Gasteiger charge is -2.21. The Labute approximate surface area is 156 Å². The molecule has 1 N–H and O–H groups in total. The fraction of sp³-hybridized carbons (Fsp3) is 0.650. The number of piperidine rings is 1. The number of hydrogen-bond donors (Lipinski definition) is 1. The van der Waals surface area contributed by atoms with Crippen molar-refractivity contribution >= 4 is 5.91 Å². The highest BCUT2D eigenvalue weighted by molar-refractivity contribution is 5.99. The van der Waals surface area contributed by atoms with Crippen molar-refractivity contribution in [1.82, 2.24) is 9.80 Å². The molecule has 1 amide bonds. The molecule has 3 aliphatic rings. The average Bonchev–Trinajstić information content (AvgIpc) is 2.90. The van der Waals surface area contributed by atoms with E-state index in [1.807, 2.05) is 13.8 Å². The molecule has 3 atom stereocenters. The number of fused-ring (bicyclic) bond motifs is 2. The summed E-state index contributed by atoms with van der Waals surface area (Å²) in [5.41, 5.74) is 0.149. The first-order chi connectivity index (χ1) is 12.6. The normalized spacial score (nSPS) is 28.7. The predicted octanol–water partition coefficient (Wildman–Crippen LogP) is 3.13. The van der Waals surface area contributed by atoms with E-state index in [0.29, 0.717) is 29.9 Å². The van der Waals surface area contributed by atoms with Crippen LogP contribution in [-0.4, -0.2) is 46.0 Å². The maximum absolute atomic E-state index is 13.6. The molecule has 1 aliphatic carbocycles. The second-order valence-corrected chi connectivity index (χ2v) is 8.53. The van der Waals surface area contributed by atoms with E-state index in [4.69, 9.17) is 0 Å². The second kappa shape index (κ2) is 6.21. The van der Waals surface area contributed by atoms with Gasteiger partial charge >= 0.3 is 6.18 Å². The minimum Gasteiger partial charge on any atom is -0.393 e. The Morgan fingerprint density at radius 1 is 1.19 bits per heavy atom. The van der Waals surface area contributed by atoms with Gasteiger partial charge in [0.1, 0.15) is 0 Å². The van der Waals surface area contributed by atoms with E-state index in [1.165, 1.54) is 11.0 Å². The third kappa shape index (κ3) is 3.14. The van der Waals surface area contributed by atoms with E-state index in [9.17, 15) is 23.1 Å². The van der Waals surface area contributed by atoms with Crippen LogP contribution in [-0.2, 0) is 19.3 Å². The summed E-state index contributed by atoms with van der Waals surface area (Å²) < 4.78 is 40.9. The molecule has 2 heterocycles. The zero-order valence-electron chi connectivity index (χ0n) is 15.8. The van der Waals surface area contributed by atoms with Crippen molar-refractivity contribution in [3.8, 4) is 0 Å². The second-order valence-electron chi connectivity index (χ2n) is 8.53. The van der Waals surface area contributed by atoms with Crippen molar-refractivity contribution in [2.24, 2.45) is 17.8 Å². The van der Waals surface area contributed by atoms with Gasteiger partial charge in [-0.05, 0) is 61.8 Å². The standard InChI is InChI=1S/C20H25F3N2O2/c1-10(2)25-9-14-13(19(25)27)4-12(5-17(14)20(21,22)23)6-24-7-15-16(8-24)18(15)11(3)26/h4-5,10-11,15-16,18,26H,6-9H2,1-3H3. The number of halogens is 3. The lowest BCUT2D eigenvalue weighted by atomic mass is 9.98. The van der Waals surface area contributed by atoms with E-state index < -0.39 is 11.7 Å². The fourth-order valence-electron chi connectivity index (χ4n) is 5.01. The Hall–Kier alpha value is -1.60. The molecule has 0 bridgehead atoms. The fourth-order valence-corrected chi connectivity index (χ4v) is 5.01. The lowest BCUT2D eigenvalue weighted by Crippen LogP contribution is -2.30. The smallest absolute Gasteiger partial charge is 0.393 e. The molecule has 2 fully saturated rings. The molecule has 0 radical (unpaired) electrons. The summed E-state index contributed by atoms with van der Waals surface area (Å²) in [6, 6.07) is 2.72. The first kappa shape index (κ1) is 18.7. The van der Waals surface area contributed by atoms with Gasteiger partial charge in [0, 0.05) is 37.8 Å². The van der Waals surface area contributed by atoms with E-state index >= 15 is 0 Å². The highest BCUT2D eigenvalue weighted by Crippen LogP contribution is 2.53. The van der Waals surface area contributed by atoms with Gasteiger partial charge in [0.25, 0.3) is 5.91 Å². The number of aliphatic hydroxyl groups excluding tert-OH is 1. The third-order valence-corrected chi connectivity index (χ3v) is 6.36. The molecule has 1 saturated heterocycles. The Bertz CT molecular complexity index is 763. The van der Waals surface area contributed by atoms with Crippen LogP contribution in [0.2, 0.25) is 0 Å². The summed E-state index contributed by atoms with van der Waals surface area (Å²) in [4.78, 5) is 16.2. The van der Waals surface area contributed by atoms with Crippen LogP contribution in [0.5, 0.6) is 0 Å². The highest BCUT2D eigenvalue weighted by Gasteiger charge is 2.57. The summed E-state index contributed by atoms with van der Waals surface area (Å²) in [5, 5.41) is 9.72. The maximum atomic E-state index is 13.6. The Kier molecular flexibility index (Phi) is 4.31. The number of carbonyl (C=O) groups excluding carboxylic acids is 1. The molecule has 7 heteroatoms. The Morgan fingerprint density at radius 3 is 2.33 bits per heavy atom. The molecular formula is C20H25F3N2O2. The number of nitrogens with zero attached hydrogens (tertiary/aromatic N) is 2. The molecule has 0 spiro atoms. The van der Waals surface area contributed by atoms with Crippen LogP contribution in [0.15, 0.2) is 12.1 Å². The van der Waals surface area contributed by atoms with Crippen molar-refractivity contribution < 1.29 is 23.1 Å². The number of likely N-dealkylation sites (tertiary alicyclic amines) is 1. The number of aliphatic hydroxyl groups is 1. The zero-order valence-corrected chi connectivity index (χ0v) is 15.8. The number of amides is 1. The van der Waals surface area contributed by atoms with Crippen LogP contribution in [0.3, 0.4) is 0 Å². The van der Waals surface area contributed by atoms with E-state index in [0.717, 1.165) is 13.1 Å². The SMILES string of the molecule is CC(O)C1C2CN(Cc3cc4c(c(C(F)(F)F)c3)CN(C(C)C)C4=O)CC21. The molecule has 1 aromatic rings. The quantitative estimate of drug-likeness (QED) is 0.870. The highest BCUT2D eigenvalue weighted by atomic mass is 19.4. The minimum atomic E-state index is -4.47. The number of benzene rings is 1. The lowest BCUT2D eigenvalue weighted by molar-refractivity contribution is -0.138. The van der Waals surface area contributed by atoms with Crippen LogP contribution in [0, 0.1) is 17.8 Å². The molecular weight excluding hydrogens is 357 g/mol. The van der Waals surface area contributed by atoms with Gasteiger partial charge in [-0.15, -0.1) is 0 Å². The molecule has 148 valence electrons.